The van der Waals surface area contributed by atoms with Crippen LogP contribution in [0.3, 0.4) is 0 Å². The van der Waals surface area contributed by atoms with Gasteiger partial charge in [0.05, 0.1) is 5.69 Å². The van der Waals surface area contributed by atoms with Gasteiger partial charge in [0.2, 0.25) is 0 Å². The van der Waals surface area contributed by atoms with Gasteiger partial charge in [-0.15, -0.1) is 11.3 Å². The van der Waals surface area contributed by atoms with Gasteiger partial charge < -0.3 is 4.90 Å². The Morgan fingerprint density at radius 2 is 0.869 bits per heavy atom. The maximum Gasteiger partial charge on any atom is 0.0540 e. The zero-order valence-corrected chi connectivity index (χ0v) is 34.2. The molecule has 1 aliphatic rings. The highest BCUT2D eigenvalue weighted by Gasteiger charge is 2.29. The molecular weight excluding hydrogens is 755 g/mol. The summed E-state index contributed by atoms with van der Waals surface area (Å²) in [5, 5.41) is 5.15. The molecule has 286 valence electrons. The van der Waals surface area contributed by atoms with Crippen LogP contribution in [0.15, 0.2) is 231 Å². The lowest BCUT2D eigenvalue weighted by Gasteiger charge is -2.28. The molecule has 2 heteroatoms. The molecule has 0 spiro atoms. The molecule has 0 unspecified atom stereocenters. The molecule has 1 heterocycles. The van der Waals surface area contributed by atoms with E-state index in [1.54, 1.807) is 0 Å². The van der Waals surface area contributed by atoms with Crippen molar-refractivity contribution < 1.29 is 0 Å². The second kappa shape index (κ2) is 14.6. The Balaban J connectivity index is 0.967. The maximum absolute atomic E-state index is 2.43. The number of hydrogen-bond donors (Lipinski definition) is 0. The molecule has 0 N–H and O–H groups in total. The first-order valence-electron chi connectivity index (χ1n) is 21.0. The lowest BCUT2D eigenvalue weighted by Crippen LogP contribution is -2.11. The van der Waals surface area contributed by atoms with Gasteiger partial charge in [0, 0.05) is 43.0 Å². The minimum atomic E-state index is 0.194. The fraction of sp³-hybridized carbons (Fsp3) is 0.0169. The normalized spacial score (nSPS) is 12.2. The molecule has 0 radical (unpaired) electrons. The van der Waals surface area contributed by atoms with E-state index in [0.717, 1.165) is 17.1 Å². The molecule has 1 aliphatic carbocycles. The zero-order valence-electron chi connectivity index (χ0n) is 33.4. The van der Waals surface area contributed by atoms with Crippen molar-refractivity contribution in [3.63, 3.8) is 0 Å². The summed E-state index contributed by atoms with van der Waals surface area (Å²) >= 11 is 1.87. The van der Waals surface area contributed by atoms with E-state index in [1.165, 1.54) is 92.1 Å². The predicted octanol–water partition coefficient (Wildman–Crippen LogP) is 16.8. The van der Waals surface area contributed by atoms with Gasteiger partial charge in [-0.25, -0.2) is 0 Å². The first-order valence-corrected chi connectivity index (χ1v) is 21.8. The van der Waals surface area contributed by atoms with Crippen LogP contribution in [0.2, 0.25) is 0 Å². The Hall–Kier alpha value is -7.52. The summed E-state index contributed by atoms with van der Waals surface area (Å²) in [4.78, 5) is 2.43. The quantitative estimate of drug-likeness (QED) is 0.155. The maximum atomic E-state index is 2.43. The molecule has 0 aliphatic heterocycles. The van der Waals surface area contributed by atoms with Gasteiger partial charge in [0.1, 0.15) is 0 Å². The molecule has 61 heavy (non-hydrogen) atoms. The summed E-state index contributed by atoms with van der Waals surface area (Å²) in [7, 11) is 0. The summed E-state index contributed by atoms with van der Waals surface area (Å²) in [6.07, 6.45) is 0. The van der Waals surface area contributed by atoms with Gasteiger partial charge in [-0.05, 0) is 115 Å². The molecular formula is C59H39NS. The van der Waals surface area contributed by atoms with E-state index >= 15 is 0 Å². The first kappa shape index (κ1) is 35.4. The van der Waals surface area contributed by atoms with E-state index in [0.29, 0.717) is 0 Å². The van der Waals surface area contributed by atoms with Gasteiger partial charge in [0.25, 0.3) is 0 Å². The second-order valence-corrected chi connectivity index (χ2v) is 17.1. The fourth-order valence-electron chi connectivity index (χ4n) is 9.71. The van der Waals surface area contributed by atoms with E-state index in [4.69, 9.17) is 0 Å². The van der Waals surface area contributed by atoms with Crippen LogP contribution in [0.4, 0.5) is 17.1 Å². The number of hydrogen-bond acceptors (Lipinski definition) is 2. The Labute approximate surface area is 360 Å². The van der Waals surface area contributed by atoms with Crippen molar-refractivity contribution in [3.05, 3.63) is 247 Å². The number of benzene rings is 10. The third kappa shape index (κ3) is 6.07. The molecule has 0 fully saturated rings. The minimum Gasteiger partial charge on any atom is -0.310 e. The van der Waals surface area contributed by atoms with E-state index in [2.05, 4.69) is 235 Å². The van der Waals surface area contributed by atoms with Crippen molar-refractivity contribution in [2.24, 2.45) is 0 Å². The molecule has 12 rings (SSSR count). The average Bonchev–Trinajstić information content (AvgIpc) is 3.88. The second-order valence-electron chi connectivity index (χ2n) is 16.0. The van der Waals surface area contributed by atoms with Crippen LogP contribution in [-0.2, 0) is 0 Å². The smallest absolute Gasteiger partial charge is 0.0540 e. The number of anilines is 3. The number of para-hydroxylation sites is 1. The van der Waals surface area contributed by atoms with Crippen LogP contribution in [0.1, 0.15) is 22.6 Å². The Morgan fingerprint density at radius 3 is 1.66 bits per heavy atom. The van der Waals surface area contributed by atoms with Crippen molar-refractivity contribution in [1.29, 1.82) is 0 Å². The van der Waals surface area contributed by atoms with E-state index in [-0.39, 0.29) is 5.92 Å². The Kier molecular flexibility index (Phi) is 8.50. The van der Waals surface area contributed by atoms with E-state index in [1.807, 2.05) is 11.3 Å². The van der Waals surface area contributed by atoms with Gasteiger partial charge in [-0.1, -0.05) is 182 Å². The standard InChI is InChI=1S/C59H39NS/c1-2-17-47-40(13-1)14-12-24-48(47)43-16-11-15-42(37-43)39-27-32-45(33-28-39)60(46-34-29-41(30-35-46)59-54-22-5-3-19-50(54)51-20-4-6-23-55(51)59)56-25-9-7-18-49(56)44-31-36-53-52-21-8-10-26-57(52)61-58(53)38-44/h1-38,59H. The van der Waals surface area contributed by atoms with Crippen LogP contribution < -0.4 is 4.90 Å². The van der Waals surface area contributed by atoms with Gasteiger partial charge in [-0.2, -0.15) is 0 Å². The van der Waals surface area contributed by atoms with Gasteiger partial charge >= 0.3 is 0 Å². The van der Waals surface area contributed by atoms with E-state index in [9.17, 15) is 0 Å². The van der Waals surface area contributed by atoms with Crippen molar-refractivity contribution >= 4 is 59.3 Å². The van der Waals surface area contributed by atoms with Gasteiger partial charge in [-0.3, -0.25) is 0 Å². The topological polar surface area (TPSA) is 3.24 Å². The summed E-state index contributed by atoms with van der Waals surface area (Å²) in [6, 6.07) is 84.9. The molecule has 0 saturated carbocycles. The minimum absolute atomic E-state index is 0.194. The molecule has 0 bridgehead atoms. The van der Waals surface area contributed by atoms with Crippen LogP contribution in [0.25, 0.3) is 75.5 Å². The predicted molar refractivity (Wildman–Crippen MR) is 261 cm³/mol. The SMILES string of the molecule is c1cc(-c2ccc(N(c3ccc(C4c5ccccc5-c5ccccc54)cc3)c3ccccc3-c3ccc4c(c3)sc3ccccc34)cc2)cc(-c2cccc3ccccc23)c1. The third-order valence-electron chi connectivity index (χ3n) is 12.6. The van der Waals surface area contributed by atoms with Gasteiger partial charge in [0.15, 0.2) is 0 Å². The molecule has 0 atom stereocenters. The molecule has 0 amide bonds. The van der Waals surface area contributed by atoms with Crippen LogP contribution in [0, 0.1) is 0 Å². The molecule has 1 nitrogen and oxygen atoms in total. The highest BCUT2D eigenvalue weighted by atomic mass is 32.1. The van der Waals surface area contributed by atoms with E-state index < -0.39 is 0 Å². The summed E-state index contributed by atoms with van der Waals surface area (Å²) in [5.74, 6) is 0.194. The number of fused-ring (bicyclic) bond motifs is 7. The highest BCUT2D eigenvalue weighted by Crippen LogP contribution is 2.49. The molecule has 1 aromatic heterocycles. The zero-order chi connectivity index (χ0) is 40.3. The van der Waals surface area contributed by atoms with Crippen molar-refractivity contribution in [1.82, 2.24) is 0 Å². The van der Waals surface area contributed by atoms with Crippen molar-refractivity contribution in [2.75, 3.05) is 4.90 Å². The lowest BCUT2D eigenvalue weighted by molar-refractivity contribution is 1.01. The molecule has 0 saturated heterocycles. The fourth-order valence-corrected chi connectivity index (χ4v) is 10.9. The number of thiophene rings is 1. The Bertz CT molecular complexity index is 3380. The number of rotatable bonds is 7. The van der Waals surface area contributed by atoms with Crippen LogP contribution in [-0.4, -0.2) is 0 Å². The Morgan fingerprint density at radius 1 is 0.328 bits per heavy atom. The summed E-state index contributed by atoms with van der Waals surface area (Å²) < 4.78 is 2.62. The summed E-state index contributed by atoms with van der Waals surface area (Å²) in [6.45, 7) is 0. The monoisotopic (exact) mass is 793 g/mol. The van der Waals surface area contributed by atoms with Crippen molar-refractivity contribution in [3.8, 4) is 44.5 Å². The van der Waals surface area contributed by atoms with Crippen LogP contribution >= 0.6 is 11.3 Å². The number of nitrogens with zero attached hydrogens (tertiary/aromatic N) is 1. The first-order chi connectivity index (χ1) is 30.2. The van der Waals surface area contributed by atoms with Crippen molar-refractivity contribution in [2.45, 2.75) is 5.92 Å². The summed E-state index contributed by atoms with van der Waals surface area (Å²) in [5.41, 5.74) is 17.3. The highest BCUT2D eigenvalue weighted by molar-refractivity contribution is 7.25. The largest absolute Gasteiger partial charge is 0.310 e. The molecule has 11 aromatic rings. The van der Waals surface area contributed by atoms with Crippen LogP contribution in [0.5, 0.6) is 0 Å². The molecule has 10 aromatic carbocycles. The average molecular weight is 794 g/mol. The lowest BCUT2D eigenvalue weighted by atomic mass is 9.89. The third-order valence-corrected chi connectivity index (χ3v) is 13.7.